The number of alkyl halides is 17. The molecule has 0 aliphatic heterocycles. The molecule has 1 atom stereocenters. The predicted molar refractivity (Wildman–Crippen MR) is 93.2 cm³/mol. The number of rotatable bonds is 11. The fraction of sp³-hybridized carbons (Fsp3) is 0.632. The minimum absolute atomic E-state index is 0.129. The summed E-state index contributed by atoms with van der Waals surface area (Å²) in [6, 6.07) is 4.00. The minimum Gasteiger partial charge on any atom is -0.497 e. The van der Waals surface area contributed by atoms with Crippen LogP contribution >= 0.6 is 0 Å². The van der Waals surface area contributed by atoms with Gasteiger partial charge < -0.3 is 9.47 Å². The molecule has 226 valence electrons. The lowest BCUT2D eigenvalue weighted by Gasteiger charge is -2.43. The van der Waals surface area contributed by atoms with Gasteiger partial charge in [0.2, 0.25) is 0 Å². The van der Waals surface area contributed by atoms with Crippen LogP contribution in [0.1, 0.15) is 23.7 Å². The van der Waals surface area contributed by atoms with Crippen molar-refractivity contribution in [3.63, 3.8) is 0 Å². The Balaban J connectivity index is 3.35. The molecule has 1 rings (SSSR count). The van der Waals surface area contributed by atoms with Gasteiger partial charge in [0.15, 0.2) is 0 Å². The molecule has 0 aliphatic rings. The third-order valence-corrected chi connectivity index (χ3v) is 4.96. The van der Waals surface area contributed by atoms with Crippen LogP contribution < -0.4 is 4.74 Å². The molecule has 0 spiro atoms. The number of benzene rings is 1. The van der Waals surface area contributed by atoms with Crippen LogP contribution in [0.5, 0.6) is 5.75 Å². The highest BCUT2D eigenvalue weighted by molar-refractivity contribution is 5.89. The van der Waals surface area contributed by atoms with Gasteiger partial charge in [-0.1, -0.05) is 0 Å². The van der Waals surface area contributed by atoms with E-state index in [9.17, 15) is 79.4 Å². The van der Waals surface area contributed by atoms with Crippen molar-refractivity contribution >= 4 is 5.97 Å². The van der Waals surface area contributed by atoms with Crippen molar-refractivity contribution in [2.75, 3.05) is 7.11 Å². The van der Waals surface area contributed by atoms with Crippen LogP contribution in [0.25, 0.3) is 0 Å². The van der Waals surface area contributed by atoms with Crippen molar-refractivity contribution in [2.45, 2.75) is 67.1 Å². The van der Waals surface area contributed by atoms with Gasteiger partial charge in [-0.3, -0.25) is 0 Å². The average Bonchev–Trinajstić information content (AvgIpc) is 2.76. The van der Waals surface area contributed by atoms with Gasteiger partial charge in [0, 0.05) is 0 Å². The van der Waals surface area contributed by atoms with E-state index in [1.54, 1.807) is 0 Å². The summed E-state index contributed by atoms with van der Waals surface area (Å²) in [4.78, 5) is 11.9. The molecule has 20 heteroatoms. The predicted octanol–water partition coefficient (Wildman–Crippen LogP) is 7.64. The molecular formula is C19H13F17O3. The van der Waals surface area contributed by atoms with Gasteiger partial charge in [0.05, 0.1) is 19.1 Å². The van der Waals surface area contributed by atoms with E-state index in [1.165, 1.54) is 7.11 Å². The van der Waals surface area contributed by atoms with Crippen LogP contribution in [0.2, 0.25) is 0 Å². The largest absolute Gasteiger partial charge is 0.497 e. The first-order chi connectivity index (χ1) is 17.1. The summed E-state index contributed by atoms with van der Waals surface area (Å²) in [6.45, 7) is 0.286. The molecule has 3 nitrogen and oxygen atoms in total. The smallest absolute Gasteiger partial charge is 0.460 e. The van der Waals surface area contributed by atoms with Crippen LogP contribution in [-0.2, 0) is 4.74 Å². The van der Waals surface area contributed by atoms with Crippen molar-refractivity contribution < 1.29 is 88.9 Å². The molecule has 0 aliphatic carbocycles. The Labute approximate surface area is 205 Å². The zero-order valence-electron chi connectivity index (χ0n) is 18.7. The Morgan fingerprint density at radius 1 is 0.641 bits per heavy atom. The van der Waals surface area contributed by atoms with Gasteiger partial charge in [-0.25, -0.2) is 4.79 Å². The van der Waals surface area contributed by atoms with Crippen molar-refractivity contribution in [3.8, 4) is 5.75 Å². The zero-order chi connectivity index (χ0) is 31.3. The van der Waals surface area contributed by atoms with Crippen LogP contribution in [0.3, 0.4) is 0 Å². The topological polar surface area (TPSA) is 35.5 Å². The van der Waals surface area contributed by atoms with E-state index in [1.807, 2.05) is 0 Å². The van der Waals surface area contributed by atoms with Crippen molar-refractivity contribution in [3.05, 3.63) is 29.8 Å². The van der Waals surface area contributed by atoms with E-state index < -0.39 is 71.7 Å². The van der Waals surface area contributed by atoms with Gasteiger partial charge in [0.1, 0.15) is 11.9 Å². The maximum atomic E-state index is 14.0. The normalized spacial score (nSPS) is 15.7. The SMILES string of the molecule is COc1ccc(C(=O)OC(C)CC(F)(F)C(F)(F)C(F)(F)C(F)(F)C(F)(F)C(F)(F)C(F)(F)C(F)(F)F)cc1. The molecule has 0 amide bonds. The number of hydrogen-bond donors (Lipinski definition) is 0. The quantitative estimate of drug-likeness (QED) is 0.191. The second kappa shape index (κ2) is 10.0. The molecule has 0 heterocycles. The van der Waals surface area contributed by atoms with Gasteiger partial charge in [-0.05, 0) is 31.2 Å². The van der Waals surface area contributed by atoms with E-state index in [-0.39, 0.29) is 12.7 Å². The van der Waals surface area contributed by atoms with E-state index in [0.29, 0.717) is 0 Å². The van der Waals surface area contributed by atoms with E-state index in [0.717, 1.165) is 24.3 Å². The molecule has 0 bridgehead atoms. The first-order valence-corrected chi connectivity index (χ1v) is 9.63. The summed E-state index contributed by atoms with van der Waals surface area (Å²) in [5, 5.41) is 0. The molecular weight excluding hydrogens is 599 g/mol. The van der Waals surface area contributed by atoms with Crippen LogP contribution in [0.4, 0.5) is 74.6 Å². The summed E-state index contributed by atoms with van der Waals surface area (Å²) in [6.07, 6.45) is -13.3. The Morgan fingerprint density at radius 3 is 1.36 bits per heavy atom. The Morgan fingerprint density at radius 2 is 1.00 bits per heavy atom. The summed E-state index contributed by atoms with van der Waals surface area (Å²) in [5.74, 6) is -58.5. The fourth-order valence-electron chi connectivity index (χ4n) is 2.71. The summed E-state index contributed by atoms with van der Waals surface area (Å²) < 4.78 is 235. The summed E-state index contributed by atoms with van der Waals surface area (Å²) >= 11 is 0. The number of methoxy groups -OCH3 is 1. The van der Waals surface area contributed by atoms with E-state index >= 15 is 0 Å². The molecule has 1 aromatic rings. The highest BCUT2D eigenvalue weighted by atomic mass is 19.4. The highest BCUT2D eigenvalue weighted by Crippen LogP contribution is 2.64. The number of ether oxygens (including phenoxy) is 2. The minimum atomic E-state index is -8.70. The average molecular weight is 612 g/mol. The van der Waals surface area contributed by atoms with Gasteiger partial charge >= 0.3 is 53.6 Å². The molecule has 0 saturated carbocycles. The standard InChI is InChI=1S/C19H13F17O3/c1-8(39-11(37)9-3-5-10(38-2)6-4-9)7-12(20,21)13(22,23)14(24,25)15(26,27)16(28,29)17(30,31)18(32,33)19(34,35)36/h3-6,8H,7H2,1-2H3. The maximum Gasteiger partial charge on any atom is 0.460 e. The highest BCUT2D eigenvalue weighted by Gasteiger charge is 2.95. The molecule has 0 saturated heterocycles. The van der Waals surface area contributed by atoms with Gasteiger partial charge in [-0.2, -0.15) is 74.6 Å². The maximum absolute atomic E-state index is 14.0. The van der Waals surface area contributed by atoms with E-state index in [2.05, 4.69) is 4.74 Å². The number of hydrogen-bond acceptors (Lipinski definition) is 3. The lowest BCUT2D eigenvalue weighted by molar-refractivity contribution is -0.462. The Hall–Kier alpha value is -2.70. The molecule has 0 fully saturated rings. The zero-order valence-corrected chi connectivity index (χ0v) is 18.7. The third kappa shape index (κ3) is 5.38. The van der Waals surface area contributed by atoms with Crippen molar-refractivity contribution in [1.82, 2.24) is 0 Å². The molecule has 0 N–H and O–H groups in total. The third-order valence-electron chi connectivity index (χ3n) is 4.96. The summed E-state index contributed by atoms with van der Waals surface area (Å²) in [7, 11) is 1.18. The molecule has 39 heavy (non-hydrogen) atoms. The first kappa shape index (κ1) is 34.3. The summed E-state index contributed by atoms with van der Waals surface area (Å²) in [5.41, 5.74) is -0.498. The van der Waals surface area contributed by atoms with Gasteiger partial charge in [0.25, 0.3) is 0 Å². The van der Waals surface area contributed by atoms with Crippen LogP contribution in [0, 0.1) is 0 Å². The molecule has 0 radical (unpaired) electrons. The Bertz CT molecular complexity index is 1020. The second-order valence-corrected chi connectivity index (χ2v) is 7.80. The fourth-order valence-corrected chi connectivity index (χ4v) is 2.71. The second-order valence-electron chi connectivity index (χ2n) is 7.80. The number of carbonyl (C=O) groups is 1. The van der Waals surface area contributed by atoms with E-state index in [4.69, 9.17) is 4.74 Å². The Kier molecular flexibility index (Phi) is 8.84. The van der Waals surface area contributed by atoms with Gasteiger partial charge in [-0.15, -0.1) is 0 Å². The van der Waals surface area contributed by atoms with Crippen molar-refractivity contribution in [2.24, 2.45) is 0 Å². The molecule has 1 unspecified atom stereocenters. The lowest BCUT2D eigenvalue weighted by Crippen LogP contribution is -2.74. The molecule has 0 aromatic heterocycles. The van der Waals surface area contributed by atoms with Crippen molar-refractivity contribution in [1.29, 1.82) is 0 Å². The number of esters is 1. The van der Waals surface area contributed by atoms with Crippen LogP contribution in [-0.4, -0.2) is 66.8 Å². The van der Waals surface area contributed by atoms with Crippen LogP contribution in [0.15, 0.2) is 24.3 Å². The number of halogens is 17. The lowest BCUT2D eigenvalue weighted by atomic mass is 9.88. The first-order valence-electron chi connectivity index (χ1n) is 9.63. The molecule has 1 aromatic carbocycles. The number of carbonyl (C=O) groups excluding carboxylic acids is 1. The monoisotopic (exact) mass is 612 g/mol.